The highest BCUT2D eigenvalue weighted by atomic mass is 16.2. The van der Waals surface area contributed by atoms with Gasteiger partial charge in [0.2, 0.25) is 5.91 Å². The SMILES string of the molecule is CN(CCC#N)C(=O)CN1CCCCCC1. The molecule has 0 unspecified atom stereocenters. The first-order chi connectivity index (χ1) is 7.74. The minimum atomic E-state index is 0.136. The first-order valence-electron chi connectivity index (χ1n) is 6.07. The minimum Gasteiger partial charge on any atom is -0.344 e. The van der Waals surface area contributed by atoms with Gasteiger partial charge in [-0.2, -0.15) is 5.26 Å². The lowest BCUT2D eigenvalue weighted by atomic mass is 10.2. The second-order valence-electron chi connectivity index (χ2n) is 4.41. The Balaban J connectivity index is 2.28. The molecule has 0 aromatic rings. The summed E-state index contributed by atoms with van der Waals surface area (Å²) in [5.74, 6) is 0.136. The Morgan fingerprint density at radius 3 is 2.50 bits per heavy atom. The van der Waals surface area contributed by atoms with Crippen LogP contribution in [-0.2, 0) is 4.79 Å². The number of carbonyl (C=O) groups is 1. The van der Waals surface area contributed by atoms with E-state index in [4.69, 9.17) is 5.26 Å². The summed E-state index contributed by atoms with van der Waals surface area (Å²) in [6, 6.07) is 2.06. The van der Waals surface area contributed by atoms with Gasteiger partial charge in [0, 0.05) is 13.6 Å². The molecule has 1 saturated heterocycles. The van der Waals surface area contributed by atoms with Crippen LogP contribution in [-0.4, -0.2) is 48.9 Å². The molecule has 1 rings (SSSR count). The zero-order valence-corrected chi connectivity index (χ0v) is 10.1. The highest BCUT2D eigenvalue weighted by molar-refractivity contribution is 5.77. The number of nitrogens with zero attached hydrogens (tertiary/aromatic N) is 3. The molecule has 1 aliphatic rings. The summed E-state index contributed by atoms with van der Waals surface area (Å²) in [6.45, 7) is 3.14. The number of rotatable bonds is 4. The van der Waals surface area contributed by atoms with E-state index < -0.39 is 0 Å². The van der Waals surface area contributed by atoms with Crippen molar-refractivity contribution in [2.24, 2.45) is 0 Å². The Labute approximate surface area is 97.8 Å². The zero-order chi connectivity index (χ0) is 11.8. The fourth-order valence-electron chi connectivity index (χ4n) is 1.95. The van der Waals surface area contributed by atoms with Crippen molar-refractivity contribution in [3.8, 4) is 6.07 Å². The van der Waals surface area contributed by atoms with E-state index in [1.54, 1.807) is 11.9 Å². The molecule has 0 aromatic heterocycles. The van der Waals surface area contributed by atoms with Crippen molar-refractivity contribution in [1.29, 1.82) is 5.26 Å². The van der Waals surface area contributed by atoms with Gasteiger partial charge in [0.25, 0.3) is 0 Å². The zero-order valence-electron chi connectivity index (χ0n) is 10.1. The predicted octanol–water partition coefficient (Wildman–Crippen LogP) is 1.23. The summed E-state index contributed by atoms with van der Waals surface area (Å²) >= 11 is 0. The van der Waals surface area contributed by atoms with Crippen molar-refractivity contribution >= 4 is 5.91 Å². The van der Waals surface area contributed by atoms with E-state index in [-0.39, 0.29) is 5.91 Å². The second-order valence-corrected chi connectivity index (χ2v) is 4.41. The normalized spacial score (nSPS) is 17.5. The number of hydrogen-bond acceptors (Lipinski definition) is 3. The number of nitriles is 1. The van der Waals surface area contributed by atoms with Gasteiger partial charge in [-0.05, 0) is 25.9 Å². The number of likely N-dealkylation sites (N-methyl/N-ethyl adjacent to an activating group) is 1. The lowest BCUT2D eigenvalue weighted by molar-refractivity contribution is -0.131. The molecule has 0 spiro atoms. The molecule has 4 nitrogen and oxygen atoms in total. The number of amides is 1. The lowest BCUT2D eigenvalue weighted by Gasteiger charge is -2.23. The molecular formula is C12H21N3O. The van der Waals surface area contributed by atoms with Crippen molar-refractivity contribution in [2.75, 3.05) is 33.2 Å². The molecule has 0 aromatic carbocycles. The maximum Gasteiger partial charge on any atom is 0.236 e. The van der Waals surface area contributed by atoms with Crippen molar-refractivity contribution in [3.63, 3.8) is 0 Å². The Bertz CT molecular complexity index is 251. The van der Waals surface area contributed by atoms with Crippen LogP contribution in [0.1, 0.15) is 32.1 Å². The third kappa shape index (κ3) is 4.63. The quantitative estimate of drug-likeness (QED) is 0.720. The van der Waals surface area contributed by atoms with Crippen LogP contribution < -0.4 is 0 Å². The smallest absolute Gasteiger partial charge is 0.236 e. The van der Waals surface area contributed by atoms with E-state index in [2.05, 4.69) is 11.0 Å². The molecule has 1 heterocycles. The summed E-state index contributed by atoms with van der Waals surface area (Å²) in [6.07, 6.45) is 5.40. The average molecular weight is 223 g/mol. The number of likely N-dealkylation sites (tertiary alicyclic amines) is 1. The molecule has 4 heteroatoms. The Morgan fingerprint density at radius 2 is 1.94 bits per heavy atom. The van der Waals surface area contributed by atoms with Gasteiger partial charge in [-0.1, -0.05) is 12.8 Å². The maximum absolute atomic E-state index is 11.8. The highest BCUT2D eigenvalue weighted by Crippen LogP contribution is 2.09. The van der Waals surface area contributed by atoms with Crippen molar-refractivity contribution < 1.29 is 4.79 Å². The van der Waals surface area contributed by atoms with Gasteiger partial charge >= 0.3 is 0 Å². The van der Waals surface area contributed by atoms with E-state index in [1.165, 1.54) is 25.7 Å². The molecule has 0 saturated carbocycles. The van der Waals surface area contributed by atoms with Crippen LogP contribution in [0.25, 0.3) is 0 Å². The van der Waals surface area contributed by atoms with Crippen molar-refractivity contribution in [3.05, 3.63) is 0 Å². The molecule has 1 fully saturated rings. The summed E-state index contributed by atoms with van der Waals surface area (Å²) in [7, 11) is 1.78. The first-order valence-corrected chi connectivity index (χ1v) is 6.07. The van der Waals surface area contributed by atoms with Gasteiger partial charge < -0.3 is 4.90 Å². The fraction of sp³-hybridized carbons (Fsp3) is 0.833. The maximum atomic E-state index is 11.8. The summed E-state index contributed by atoms with van der Waals surface area (Å²) in [4.78, 5) is 15.7. The molecule has 16 heavy (non-hydrogen) atoms. The molecule has 90 valence electrons. The molecular weight excluding hydrogens is 202 g/mol. The summed E-state index contributed by atoms with van der Waals surface area (Å²) in [5, 5.41) is 8.46. The Kier molecular flexibility index (Phi) is 5.87. The van der Waals surface area contributed by atoms with E-state index in [0.29, 0.717) is 19.5 Å². The van der Waals surface area contributed by atoms with E-state index in [1.807, 2.05) is 0 Å². The highest BCUT2D eigenvalue weighted by Gasteiger charge is 2.15. The van der Waals surface area contributed by atoms with Crippen LogP contribution in [0.2, 0.25) is 0 Å². The van der Waals surface area contributed by atoms with Crippen molar-refractivity contribution in [1.82, 2.24) is 9.80 Å². The van der Waals surface area contributed by atoms with Gasteiger partial charge in [0.15, 0.2) is 0 Å². The Morgan fingerprint density at radius 1 is 1.31 bits per heavy atom. The average Bonchev–Trinajstić information content (AvgIpc) is 2.54. The Hall–Kier alpha value is -1.08. The number of hydrogen-bond donors (Lipinski definition) is 0. The van der Waals surface area contributed by atoms with Crippen LogP contribution >= 0.6 is 0 Å². The van der Waals surface area contributed by atoms with Gasteiger partial charge in [-0.25, -0.2) is 0 Å². The molecule has 0 aliphatic carbocycles. The van der Waals surface area contributed by atoms with Gasteiger partial charge in [-0.3, -0.25) is 9.69 Å². The summed E-state index contributed by atoms with van der Waals surface area (Å²) < 4.78 is 0. The summed E-state index contributed by atoms with van der Waals surface area (Å²) in [5.41, 5.74) is 0. The molecule has 0 atom stereocenters. The largest absolute Gasteiger partial charge is 0.344 e. The van der Waals surface area contributed by atoms with Crippen LogP contribution in [0, 0.1) is 11.3 Å². The van der Waals surface area contributed by atoms with Crippen molar-refractivity contribution in [2.45, 2.75) is 32.1 Å². The third-order valence-electron chi connectivity index (χ3n) is 3.04. The van der Waals surface area contributed by atoms with Gasteiger partial charge in [-0.15, -0.1) is 0 Å². The predicted molar refractivity (Wildman–Crippen MR) is 62.8 cm³/mol. The third-order valence-corrected chi connectivity index (χ3v) is 3.04. The molecule has 1 aliphatic heterocycles. The standard InChI is InChI=1S/C12H21N3O/c1-14(8-6-7-13)12(16)11-15-9-4-2-3-5-10-15/h2-6,8-11H2,1H3. The van der Waals surface area contributed by atoms with Crippen LogP contribution in [0.4, 0.5) is 0 Å². The topological polar surface area (TPSA) is 47.3 Å². The van der Waals surface area contributed by atoms with E-state index >= 15 is 0 Å². The monoisotopic (exact) mass is 223 g/mol. The first kappa shape index (κ1) is 13.0. The van der Waals surface area contributed by atoms with E-state index in [0.717, 1.165) is 13.1 Å². The van der Waals surface area contributed by atoms with Gasteiger partial charge in [0.05, 0.1) is 19.0 Å². The molecule has 1 amide bonds. The second kappa shape index (κ2) is 7.24. The van der Waals surface area contributed by atoms with Gasteiger partial charge in [0.1, 0.15) is 0 Å². The molecule has 0 N–H and O–H groups in total. The molecule has 0 bridgehead atoms. The lowest BCUT2D eigenvalue weighted by Crippen LogP contribution is -2.39. The van der Waals surface area contributed by atoms with Crippen LogP contribution in [0.15, 0.2) is 0 Å². The molecule has 0 radical (unpaired) electrons. The number of carbonyl (C=O) groups excluding carboxylic acids is 1. The van der Waals surface area contributed by atoms with Crippen LogP contribution in [0.5, 0.6) is 0 Å². The minimum absolute atomic E-state index is 0.136. The fourth-order valence-corrected chi connectivity index (χ4v) is 1.95. The van der Waals surface area contributed by atoms with Crippen LogP contribution in [0.3, 0.4) is 0 Å². The van der Waals surface area contributed by atoms with E-state index in [9.17, 15) is 4.79 Å².